The van der Waals surface area contributed by atoms with Crippen molar-refractivity contribution in [3.8, 4) is 66.8 Å². The number of rotatable bonds is 4. The Morgan fingerprint density at radius 2 is 0.480 bits per heavy atom. The molecule has 0 radical (unpaired) electrons. The normalized spacial score (nSPS) is 24.5. The molecule has 0 aliphatic heterocycles. The molecule has 10 aliphatic carbocycles. The molecule has 0 atom stereocenters. The molecule has 2 spiro atoms. The molecular formula is C100H76. The number of hydrogen-bond acceptors (Lipinski definition) is 0. The molecule has 0 saturated heterocycles. The van der Waals surface area contributed by atoms with Crippen LogP contribution in [-0.2, 0) is 10.8 Å². The highest BCUT2D eigenvalue weighted by molar-refractivity contribution is 6.27. The van der Waals surface area contributed by atoms with Gasteiger partial charge in [0.2, 0.25) is 0 Å². The third-order valence-electron chi connectivity index (χ3n) is 27.6. The maximum absolute atomic E-state index is 2.59. The predicted molar refractivity (Wildman–Crippen MR) is 421 cm³/mol. The average molecular weight is 1280 g/mol. The molecule has 8 fully saturated rings. The molecule has 0 unspecified atom stereocenters. The van der Waals surface area contributed by atoms with E-state index in [1.54, 1.807) is 22.3 Å². The highest BCUT2D eigenvalue weighted by Gasteiger charge is 2.63. The van der Waals surface area contributed by atoms with Crippen LogP contribution in [-0.4, -0.2) is 0 Å². The van der Waals surface area contributed by atoms with E-state index in [2.05, 4.69) is 291 Å². The van der Waals surface area contributed by atoms with E-state index in [9.17, 15) is 0 Å². The maximum atomic E-state index is 2.59. The lowest BCUT2D eigenvalue weighted by Crippen LogP contribution is -2.55. The van der Waals surface area contributed by atoms with Crippen molar-refractivity contribution in [1.82, 2.24) is 0 Å². The zero-order valence-electron chi connectivity index (χ0n) is 56.4. The van der Waals surface area contributed by atoms with Crippen LogP contribution in [0.25, 0.3) is 153 Å². The SMILES string of the molecule is c1ccc2c(c1)-c1cc(-c3c4ccccc4c(-c4cc5ccccc5c5ccccc45)c4ccccc34)ccc1C21C2CC3CC(C2)CC1C3.c1ccc2c(c1)-c1cc(-c3c4ccccc4c(-c4ccc5c(ccc6ccccc65)c4)c4ccccc34)ccc1C21C2CC3CC(C2)CC1C3. The first kappa shape index (κ1) is 56.5. The largest absolute Gasteiger partial charge is 0.0619 e. The summed E-state index contributed by atoms with van der Waals surface area (Å²) in [5.74, 6) is 6.95. The fourth-order valence-electron chi connectivity index (χ4n) is 24.5. The van der Waals surface area contributed by atoms with Crippen molar-refractivity contribution in [2.75, 3.05) is 0 Å². The standard InChI is InChI=1S/2C50H38/c1-2-10-38-32(9-1)17-18-33-28-34(19-21-39(33)38)48-41-12-3-5-14-43(41)49(44-15-6-4-13-42(44)48)35-20-22-47-45(29-35)40-11-7-8-16-46(40)50(47)36-24-30-23-31(26-36)27-37(50)25-30;1-2-12-36-32(11-1)28-45(38-14-4-3-13-37(36)38)49-42-18-7-5-16-40(42)48(41-17-6-8-19-43(41)49)33-21-22-47-44(29-33)39-15-9-10-20-46(39)50(47)34-24-30-23-31(26-34)27-35(50)25-30/h1-22,28-31,36-37H,23-27H2;1-22,28-31,34-35H,23-27H2. The molecule has 8 saturated carbocycles. The van der Waals surface area contributed by atoms with Crippen LogP contribution in [0.3, 0.4) is 0 Å². The van der Waals surface area contributed by atoms with E-state index >= 15 is 0 Å². The van der Waals surface area contributed by atoms with Gasteiger partial charge in [0.15, 0.2) is 0 Å². The summed E-state index contributed by atoms with van der Waals surface area (Å²) in [7, 11) is 0. The van der Waals surface area contributed by atoms with Gasteiger partial charge < -0.3 is 0 Å². The minimum absolute atomic E-state index is 0.197. The summed E-state index contributed by atoms with van der Waals surface area (Å²) in [4.78, 5) is 0. The van der Waals surface area contributed by atoms with E-state index in [1.165, 1.54) is 217 Å². The number of hydrogen-bond donors (Lipinski definition) is 0. The third kappa shape index (κ3) is 7.67. The molecule has 0 heterocycles. The summed E-state index contributed by atoms with van der Waals surface area (Å²) in [6.07, 6.45) is 14.3. The van der Waals surface area contributed by atoms with Crippen LogP contribution in [0.4, 0.5) is 0 Å². The Morgan fingerprint density at radius 3 is 0.930 bits per heavy atom. The Bertz CT molecular complexity index is 6040. The van der Waals surface area contributed by atoms with Crippen LogP contribution in [0.5, 0.6) is 0 Å². The van der Waals surface area contributed by atoms with E-state index in [0.29, 0.717) is 0 Å². The number of benzene rings is 16. The highest BCUT2D eigenvalue weighted by atomic mass is 14.7. The van der Waals surface area contributed by atoms with Gasteiger partial charge in [0, 0.05) is 10.8 Å². The van der Waals surface area contributed by atoms with Gasteiger partial charge in [0.25, 0.3) is 0 Å². The lowest BCUT2D eigenvalue weighted by Gasteiger charge is -2.61. The van der Waals surface area contributed by atoms with Crippen molar-refractivity contribution in [2.24, 2.45) is 47.3 Å². The van der Waals surface area contributed by atoms with E-state index in [0.717, 1.165) is 47.3 Å². The lowest BCUT2D eigenvalue weighted by atomic mass is 9.43. The predicted octanol–water partition coefficient (Wildman–Crippen LogP) is 26.7. The fraction of sp³-hybridized carbons (Fsp3) is 0.200. The maximum Gasteiger partial charge on any atom is 0.0271 e. The lowest BCUT2D eigenvalue weighted by molar-refractivity contribution is -0.0399. The number of fused-ring (bicyclic) bond motifs is 16. The van der Waals surface area contributed by atoms with Crippen LogP contribution < -0.4 is 0 Å². The second kappa shape index (κ2) is 21.1. The second-order valence-electron chi connectivity index (χ2n) is 32.1. The van der Waals surface area contributed by atoms with Crippen molar-refractivity contribution < 1.29 is 0 Å². The van der Waals surface area contributed by atoms with Crippen LogP contribution >= 0.6 is 0 Å². The summed E-state index contributed by atoms with van der Waals surface area (Å²) in [6.45, 7) is 0. The summed E-state index contributed by atoms with van der Waals surface area (Å²) in [6, 6.07) is 112. The zero-order valence-corrected chi connectivity index (χ0v) is 56.4. The van der Waals surface area contributed by atoms with Crippen molar-refractivity contribution >= 4 is 86.2 Å². The Kier molecular flexibility index (Phi) is 11.9. The Balaban J connectivity index is 0.000000124. The van der Waals surface area contributed by atoms with Crippen molar-refractivity contribution in [1.29, 1.82) is 0 Å². The first-order chi connectivity index (χ1) is 49.5. The molecule has 0 amide bonds. The Labute approximate surface area is 585 Å². The summed E-state index contributed by atoms with van der Waals surface area (Å²) >= 11 is 0. The van der Waals surface area contributed by atoms with Gasteiger partial charge in [0.05, 0.1) is 0 Å². The zero-order chi connectivity index (χ0) is 65.1. The third-order valence-corrected chi connectivity index (χ3v) is 27.6. The molecule has 26 rings (SSSR count). The van der Waals surface area contributed by atoms with E-state index < -0.39 is 0 Å². The molecular weight excluding hydrogens is 1200 g/mol. The minimum atomic E-state index is 0.197. The molecule has 0 heteroatoms. The van der Waals surface area contributed by atoms with E-state index in [1.807, 2.05) is 0 Å². The van der Waals surface area contributed by atoms with Crippen molar-refractivity contribution in [2.45, 2.75) is 75.0 Å². The van der Waals surface area contributed by atoms with Gasteiger partial charge in [-0.1, -0.05) is 267 Å². The van der Waals surface area contributed by atoms with Gasteiger partial charge in [0.1, 0.15) is 0 Å². The molecule has 10 aliphatic rings. The quantitative estimate of drug-likeness (QED) is 0.122. The fourth-order valence-corrected chi connectivity index (χ4v) is 24.5. The van der Waals surface area contributed by atoms with Crippen molar-refractivity contribution in [3.63, 3.8) is 0 Å². The van der Waals surface area contributed by atoms with Gasteiger partial charge in [-0.05, 0) is 311 Å². The first-order valence-electron chi connectivity index (χ1n) is 37.7. The average Bonchev–Trinajstić information content (AvgIpc) is 1.48. The highest BCUT2D eigenvalue weighted by Crippen LogP contribution is 2.72. The Hall–Kier alpha value is -10.4. The molecule has 476 valence electrons. The minimum Gasteiger partial charge on any atom is -0.0619 e. The molecule has 100 heavy (non-hydrogen) atoms. The van der Waals surface area contributed by atoms with Crippen molar-refractivity contribution in [3.05, 3.63) is 313 Å². The van der Waals surface area contributed by atoms with Gasteiger partial charge in [-0.15, -0.1) is 0 Å². The van der Waals surface area contributed by atoms with Gasteiger partial charge in [-0.3, -0.25) is 0 Å². The summed E-state index contributed by atoms with van der Waals surface area (Å²) in [5, 5.41) is 21.0. The molecule has 0 N–H and O–H groups in total. The second-order valence-corrected chi connectivity index (χ2v) is 32.1. The summed E-state index contributed by atoms with van der Waals surface area (Å²) in [5.41, 5.74) is 23.5. The molecule has 16 aromatic carbocycles. The van der Waals surface area contributed by atoms with Crippen LogP contribution in [0.15, 0.2) is 291 Å². The van der Waals surface area contributed by atoms with Crippen LogP contribution in [0.2, 0.25) is 0 Å². The monoisotopic (exact) mass is 1280 g/mol. The van der Waals surface area contributed by atoms with Gasteiger partial charge in [-0.2, -0.15) is 0 Å². The van der Waals surface area contributed by atoms with Gasteiger partial charge in [-0.25, -0.2) is 0 Å². The molecule has 0 aromatic heterocycles. The van der Waals surface area contributed by atoms with Gasteiger partial charge >= 0.3 is 0 Å². The van der Waals surface area contributed by atoms with E-state index in [-0.39, 0.29) is 10.8 Å². The van der Waals surface area contributed by atoms with Crippen LogP contribution in [0, 0.1) is 47.3 Å². The smallest absolute Gasteiger partial charge is 0.0271 e. The summed E-state index contributed by atoms with van der Waals surface area (Å²) < 4.78 is 0. The molecule has 0 nitrogen and oxygen atoms in total. The molecule has 16 aromatic rings. The Morgan fingerprint density at radius 1 is 0.180 bits per heavy atom. The first-order valence-corrected chi connectivity index (χ1v) is 37.7. The van der Waals surface area contributed by atoms with E-state index in [4.69, 9.17) is 0 Å². The molecule has 8 bridgehead atoms. The van der Waals surface area contributed by atoms with Crippen LogP contribution in [0.1, 0.15) is 86.5 Å². The topological polar surface area (TPSA) is 0 Å².